The predicted molar refractivity (Wildman–Crippen MR) is 96.0 cm³/mol. The molecule has 0 unspecified atom stereocenters. The largest absolute Gasteiger partial charge is 0.710 e. The van der Waals surface area contributed by atoms with Crippen LogP contribution in [0.25, 0.3) is 22.4 Å². The SMILES string of the molecule is Cc1ccc(-c2n(O)c3ccc(C(=O)c4cccs4)cc3[n+]2[O-])cc1. The van der Waals surface area contributed by atoms with Crippen LogP contribution in [0.5, 0.6) is 0 Å². The fourth-order valence-corrected chi connectivity index (χ4v) is 3.50. The minimum atomic E-state index is -0.139. The van der Waals surface area contributed by atoms with Gasteiger partial charge in [-0.1, -0.05) is 23.8 Å². The summed E-state index contributed by atoms with van der Waals surface area (Å²) in [5, 5.41) is 25.0. The van der Waals surface area contributed by atoms with Crippen molar-refractivity contribution in [1.82, 2.24) is 4.73 Å². The van der Waals surface area contributed by atoms with Crippen LogP contribution in [-0.4, -0.2) is 15.7 Å². The Morgan fingerprint density at radius 2 is 1.92 bits per heavy atom. The molecular weight excluding hydrogens is 336 g/mol. The van der Waals surface area contributed by atoms with Crippen molar-refractivity contribution in [1.29, 1.82) is 0 Å². The molecule has 0 atom stereocenters. The Labute approximate surface area is 147 Å². The third-order valence-electron chi connectivity index (χ3n) is 4.13. The molecule has 2 aromatic carbocycles. The van der Waals surface area contributed by atoms with Gasteiger partial charge in [0, 0.05) is 11.6 Å². The van der Waals surface area contributed by atoms with Crippen LogP contribution >= 0.6 is 11.3 Å². The van der Waals surface area contributed by atoms with Gasteiger partial charge < -0.3 is 10.4 Å². The summed E-state index contributed by atoms with van der Waals surface area (Å²) in [6, 6.07) is 15.6. The van der Waals surface area contributed by atoms with Crippen LogP contribution in [0, 0.1) is 12.1 Å². The quantitative estimate of drug-likeness (QED) is 0.265. The van der Waals surface area contributed by atoms with Gasteiger partial charge in [-0.15, -0.1) is 11.3 Å². The maximum absolute atomic E-state index is 12.7. The van der Waals surface area contributed by atoms with Crippen molar-refractivity contribution < 1.29 is 14.7 Å². The fraction of sp³-hybridized carbons (Fsp3) is 0.0526. The maximum Gasteiger partial charge on any atom is 0.332 e. The number of ketones is 1. The maximum atomic E-state index is 12.7. The Hall–Kier alpha value is -3.12. The van der Waals surface area contributed by atoms with Crippen molar-refractivity contribution in [3.8, 4) is 11.4 Å². The number of carbonyl (C=O) groups is 1. The van der Waals surface area contributed by atoms with E-state index in [1.54, 1.807) is 30.3 Å². The van der Waals surface area contributed by atoms with Crippen LogP contribution in [0.2, 0.25) is 0 Å². The van der Waals surface area contributed by atoms with Crippen LogP contribution in [0.3, 0.4) is 0 Å². The summed E-state index contributed by atoms with van der Waals surface area (Å²) in [7, 11) is 0. The van der Waals surface area contributed by atoms with Crippen LogP contribution < -0.4 is 4.73 Å². The number of hydrogen-bond donors (Lipinski definition) is 1. The van der Waals surface area contributed by atoms with Gasteiger partial charge in [0.2, 0.25) is 11.3 Å². The van der Waals surface area contributed by atoms with E-state index in [9.17, 15) is 15.2 Å². The lowest BCUT2D eigenvalue weighted by Gasteiger charge is -2.04. The summed E-state index contributed by atoms with van der Waals surface area (Å²) in [5.74, 6) is -0.0183. The second kappa shape index (κ2) is 5.75. The van der Waals surface area contributed by atoms with Gasteiger partial charge in [0.05, 0.1) is 10.4 Å². The zero-order chi connectivity index (χ0) is 17.6. The molecule has 25 heavy (non-hydrogen) atoms. The first kappa shape index (κ1) is 15.4. The van der Waals surface area contributed by atoms with Crippen LogP contribution in [0.1, 0.15) is 20.8 Å². The van der Waals surface area contributed by atoms with Crippen LogP contribution in [0.4, 0.5) is 0 Å². The first-order chi connectivity index (χ1) is 12.1. The molecule has 0 saturated heterocycles. The molecule has 4 aromatic rings. The van der Waals surface area contributed by atoms with E-state index in [1.165, 1.54) is 17.4 Å². The standard InChI is InChI=1S/C19H14N2O3S/c1-12-4-6-13(7-5-12)19-20(23)15-9-8-14(11-16(15)21(19)24)18(22)17-3-2-10-25-17/h2-11,23H,1H3. The molecule has 2 aromatic heterocycles. The Morgan fingerprint density at radius 1 is 1.16 bits per heavy atom. The highest BCUT2D eigenvalue weighted by Crippen LogP contribution is 2.24. The molecule has 2 heterocycles. The molecule has 0 aliphatic heterocycles. The molecule has 0 aliphatic rings. The summed E-state index contributed by atoms with van der Waals surface area (Å²) in [4.78, 5) is 13.1. The van der Waals surface area contributed by atoms with Gasteiger partial charge in [-0.05, 0) is 47.4 Å². The molecule has 124 valence electrons. The van der Waals surface area contributed by atoms with E-state index in [-0.39, 0.29) is 17.1 Å². The van der Waals surface area contributed by atoms with Gasteiger partial charge in [-0.25, -0.2) is 4.73 Å². The number of hydrogen-bond acceptors (Lipinski definition) is 4. The lowest BCUT2D eigenvalue weighted by molar-refractivity contribution is -0.567. The van der Waals surface area contributed by atoms with Crippen molar-refractivity contribution >= 4 is 28.2 Å². The Balaban J connectivity index is 1.88. The van der Waals surface area contributed by atoms with Crippen molar-refractivity contribution in [2.45, 2.75) is 6.92 Å². The zero-order valence-electron chi connectivity index (χ0n) is 13.3. The third kappa shape index (κ3) is 2.47. The number of aromatic nitrogens is 2. The molecule has 4 rings (SSSR count). The van der Waals surface area contributed by atoms with Gasteiger partial charge in [-0.2, -0.15) is 0 Å². The third-order valence-corrected chi connectivity index (χ3v) is 5.00. The summed E-state index contributed by atoms with van der Waals surface area (Å²) >= 11 is 1.35. The van der Waals surface area contributed by atoms with Crippen molar-refractivity contribution in [3.63, 3.8) is 0 Å². The Kier molecular flexibility index (Phi) is 3.54. The van der Waals surface area contributed by atoms with Gasteiger partial charge in [0.1, 0.15) is 0 Å². The average molecular weight is 350 g/mol. The van der Waals surface area contributed by atoms with Gasteiger partial charge >= 0.3 is 5.82 Å². The molecule has 6 heteroatoms. The zero-order valence-corrected chi connectivity index (χ0v) is 14.2. The smallest absolute Gasteiger partial charge is 0.332 e. The summed E-state index contributed by atoms with van der Waals surface area (Å²) < 4.78 is 1.53. The van der Waals surface area contributed by atoms with Gasteiger partial charge in [0.15, 0.2) is 5.52 Å². The summed E-state index contributed by atoms with van der Waals surface area (Å²) in [6.45, 7) is 1.95. The second-order valence-electron chi connectivity index (χ2n) is 5.81. The molecule has 0 bridgehead atoms. The van der Waals surface area contributed by atoms with E-state index in [0.717, 1.165) is 10.3 Å². The van der Waals surface area contributed by atoms with E-state index in [1.807, 2.05) is 30.5 Å². The van der Waals surface area contributed by atoms with Crippen LogP contribution in [0.15, 0.2) is 60.0 Å². The number of rotatable bonds is 3. The van der Waals surface area contributed by atoms with E-state index in [4.69, 9.17) is 0 Å². The van der Waals surface area contributed by atoms with Crippen LogP contribution in [-0.2, 0) is 0 Å². The molecule has 0 saturated carbocycles. The molecule has 0 radical (unpaired) electrons. The minimum absolute atomic E-state index is 0.121. The predicted octanol–water partition coefficient (Wildman–Crippen LogP) is 3.78. The summed E-state index contributed by atoms with van der Waals surface area (Å²) in [6.07, 6.45) is 0. The molecule has 1 N–H and O–H groups in total. The van der Waals surface area contributed by atoms with Crippen molar-refractivity contribution in [3.05, 3.63) is 81.2 Å². The normalized spacial score (nSPS) is 11.1. The minimum Gasteiger partial charge on any atom is -0.710 e. The van der Waals surface area contributed by atoms with Crippen molar-refractivity contribution in [2.24, 2.45) is 0 Å². The van der Waals surface area contributed by atoms with Gasteiger partial charge in [-0.3, -0.25) is 4.79 Å². The Bertz CT molecular complexity index is 1080. The molecule has 5 nitrogen and oxygen atoms in total. The highest BCUT2D eigenvalue weighted by atomic mass is 32.1. The fourth-order valence-electron chi connectivity index (χ4n) is 2.81. The highest BCUT2D eigenvalue weighted by Gasteiger charge is 2.24. The number of aryl methyl sites for hydroxylation is 1. The van der Waals surface area contributed by atoms with E-state index in [2.05, 4.69) is 0 Å². The number of carbonyl (C=O) groups excluding carboxylic acids is 1. The van der Waals surface area contributed by atoms with Gasteiger partial charge in [0.25, 0.3) is 0 Å². The molecule has 0 aliphatic carbocycles. The lowest BCUT2D eigenvalue weighted by Crippen LogP contribution is -2.28. The molecule has 0 spiro atoms. The number of imidazole rings is 1. The van der Waals surface area contributed by atoms with Crippen molar-refractivity contribution in [2.75, 3.05) is 0 Å². The van der Waals surface area contributed by atoms with E-state index < -0.39 is 0 Å². The molecule has 0 fully saturated rings. The number of thiophene rings is 1. The monoisotopic (exact) mass is 350 g/mol. The first-order valence-electron chi connectivity index (χ1n) is 7.69. The molecule has 0 amide bonds. The number of benzene rings is 2. The summed E-state index contributed by atoms with van der Waals surface area (Å²) in [5.41, 5.74) is 2.69. The van der Waals surface area contributed by atoms with E-state index >= 15 is 0 Å². The number of fused-ring (bicyclic) bond motifs is 1. The number of nitrogens with zero attached hydrogens (tertiary/aromatic N) is 2. The Morgan fingerprint density at radius 3 is 2.60 bits per heavy atom. The topological polar surface area (TPSA) is 69.2 Å². The highest BCUT2D eigenvalue weighted by molar-refractivity contribution is 7.12. The average Bonchev–Trinajstić information content (AvgIpc) is 3.24. The first-order valence-corrected chi connectivity index (χ1v) is 8.57. The lowest BCUT2D eigenvalue weighted by atomic mass is 10.1. The van der Waals surface area contributed by atoms with E-state index in [0.29, 0.717) is 26.3 Å². The molecular formula is C19H14N2O3S. The second-order valence-corrected chi connectivity index (χ2v) is 6.75.